The fourth-order valence-electron chi connectivity index (χ4n) is 9.02. The molecule has 2 heterocycles. The molecule has 2 amide bonds. The maximum atomic E-state index is 14.5. The fourth-order valence-corrected chi connectivity index (χ4v) is 11.2. The molecule has 51 heavy (non-hydrogen) atoms. The second-order valence-corrected chi connectivity index (χ2v) is 18.9. The number of methoxy groups -OCH3 is 1. The highest BCUT2D eigenvalue weighted by atomic mass is 35.5. The molecule has 7 rings (SSSR count). The number of carbonyl (C=O) groups excluding carboxylic acids is 2. The lowest BCUT2D eigenvalue weighted by molar-refractivity contribution is -0.131. The zero-order valence-corrected chi connectivity index (χ0v) is 31.8. The van der Waals surface area contributed by atoms with Gasteiger partial charge in [0.25, 0.3) is 5.91 Å². The predicted octanol–water partition coefficient (Wildman–Crippen LogP) is 6.89. The largest absolute Gasteiger partial charge is 0.490 e. The van der Waals surface area contributed by atoms with Crippen LogP contribution in [0.5, 0.6) is 5.75 Å². The summed E-state index contributed by atoms with van der Waals surface area (Å²) in [5.74, 6) is -0.0626. The van der Waals surface area contributed by atoms with Gasteiger partial charge in [-0.25, -0.2) is 4.21 Å². The van der Waals surface area contributed by atoms with E-state index in [4.69, 9.17) is 21.1 Å². The summed E-state index contributed by atoms with van der Waals surface area (Å²) in [6.07, 6.45) is 10.9. The van der Waals surface area contributed by atoms with Crippen LogP contribution in [0.1, 0.15) is 87.2 Å². The smallest absolute Gasteiger partial charge is 0.286 e. The third kappa shape index (κ3) is 7.48. The minimum absolute atomic E-state index is 0.0155. The van der Waals surface area contributed by atoms with E-state index in [1.54, 1.807) is 27.0 Å². The second kappa shape index (κ2) is 14.1. The van der Waals surface area contributed by atoms with Gasteiger partial charge in [-0.3, -0.25) is 14.3 Å². The number of nitrogens with zero attached hydrogens (tertiary/aromatic N) is 2. The molecule has 9 nitrogen and oxygen atoms in total. The van der Waals surface area contributed by atoms with E-state index < -0.39 is 21.4 Å². The molecule has 3 aliphatic carbocycles. The van der Waals surface area contributed by atoms with E-state index in [2.05, 4.69) is 38.3 Å². The van der Waals surface area contributed by atoms with Crippen LogP contribution in [0.3, 0.4) is 0 Å². The van der Waals surface area contributed by atoms with Crippen LogP contribution in [0.2, 0.25) is 5.02 Å². The average Bonchev–Trinajstić information content (AvgIpc) is 3.17. The van der Waals surface area contributed by atoms with Crippen LogP contribution >= 0.6 is 11.6 Å². The molecule has 0 aromatic heterocycles. The molecule has 11 heteroatoms. The number of aryl methyl sites for hydroxylation is 1. The van der Waals surface area contributed by atoms with Crippen molar-refractivity contribution in [2.45, 2.75) is 89.3 Å². The molecule has 0 radical (unpaired) electrons. The van der Waals surface area contributed by atoms with Crippen LogP contribution in [-0.4, -0.2) is 65.4 Å². The van der Waals surface area contributed by atoms with Crippen LogP contribution in [-0.2, 0) is 31.3 Å². The number of ether oxygens (including phenoxy) is 2. The number of allylic oxidation sites excluding steroid dienone is 1. The molecule has 276 valence electrons. The summed E-state index contributed by atoms with van der Waals surface area (Å²) in [6, 6.07) is 11.6. The van der Waals surface area contributed by atoms with Crippen molar-refractivity contribution in [2.75, 3.05) is 37.5 Å². The highest BCUT2D eigenvalue weighted by Crippen LogP contribution is 2.47. The third-order valence-corrected chi connectivity index (χ3v) is 14.5. The number of benzene rings is 2. The Labute approximate surface area is 307 Å². The van der Waals surface area contributed by atoms with Gasteiger partial charge >= 0.3 is 0 Å². The summed E-state index contributed by atoms with van der Waals surface area (Å²) < 4.78 is 34.3. The lowest BCUT2D eigenvalue weighted by atomic mass is 9.67. The first-order chi connectivity index (χ1) is 24.3. The van der Waals surface area contributed by atoms with Gasteiger partial charge in [0.1, 0.15) is 15.7 Å². The number of nitrogens with one attached hydrogen (secondary N) is 1. The number of halogens is 1. The number of anilines is 1. The SMILES string of the molecule is CO[C@H]1/C=C\C[C@H](C)CS(=O)(NC(=O)C2CC(C(C)(C)O)C2)=NC(=O)c2ccc3c(c2)N(C[C@@H]2CC[C@H]21)C[C@@]1(CCCc2cc(Cl)ccc21)CO3. The topological polar surface area (TPSA) is 118 Å². The Bertz CT molecular complexity index is 1830. The van der Waals surface area contributed by atoms with E-state index in [0.29, 0.717) is 49.0 Å². The Morgan fingerprint density at radius 3 is 2.73 bits per heavy atom. The summed E-state index contributed by atoms with van der Waals surface area (Å²) in [5, 5.41) is 11.1. The molecule has 1 spiro atoms. The molecule has 5 aliphatic rings. The van der Waals surface area contributed by atoms with E-state index in [1.165, 1.54) is 11.1 Å². The van der Waals surface area contributed by atoms with Crippen molar-refractivity contribution < 1.29 is 28.4 Å². The number of hydrogen-bond donors (Lipinski definition) is 2. The predicted molar refractivity (Wildman–Crippen MR) is 201 cm³/mol. The Morgan fingerprint density at radius 2 is 2.00 bits per heavy atom. The maximum Gasteiger partial charge on any atom is 0.286 e. The minimum Gasteiger partial charge on any atom is -0.490 e. The van der Waals surface area contributed by atoms with Crippen LogP contribution in [0.25, 0.3) is 0 Å². The van der Waals surface area contributed by atoms with Crippen molar-refractivity contribution in [1.29, 1.82) is 0 Å². The Hall–Kier alpha value is -2.92. The van der Waals surface area contributed by atoms with E-state index in [0.717, 1.165) is 55.9 Å². The van der Waals surface area contributed by atoms with Crippen molar-refractivity contribution in [2.24, 2.45) is 34.0 Å². The van der Waals surface area contributed by atoms with Crippen molar-refractivity contribution in [3.63, 3.8) is 0 Å². The normalized spacial score (nSPS) is 34.4. The zero-order valence-electron chi connectivity index (χ0n) is 30.2. The minimum atomic E-state index is -3.47. The summed E-state index contributed by atoms with van der Waals surface area (Å²) in [7, 11) is -1.71. The Balaban J connectivity index is 1.26. The summed E-state index contributed by atoms with van der Waals surface area (Å²) in [6.45, 7) is 7.46. The molecule has 0 saturated heterocycles. The fraction of sp³-hybridized carbons (Fsp3) is 0.600. The van der Waals surface area contributed by atoms with Gasteiger partial charge in [-0.05, 0) is 130 Å². The first kappa shape index (κ1) is 36.4. The molecule has 2 fully saturated rings. The van der Waals surface area contributed by atoms with Gasteiger partial charge in [-0.1, -0.05) is 36.7 Å². The van der Waals surface area contributed by atoms with E-state index >= 15 is 0 Å². The number of aliphatic hydroxyl groups is 1. The molecule has 2 bridgehead atoms. The summed E-state index contributed by atoms with van der Waals surface area (Å²) in [5.41, 5.74) is 2.53. The Kier molecular flexibility index (Phi) is 10.1. The van der Waals surface area contributed by atoms with Crippen molar-refractivity contribution >= 4 is 39.0 Å². The Morgan fingerprint density at radius 1 is 1.20 bits per heavy atom. The van der Waals surface area contributed by atoms with Crippen molar-refractivity contribution in [3.05, 3.63) is 70.3 Å². The molecule has 1 unspecified atom stereocenters. The molecule has 2 aromatic rings. The molecule has 2 saturated carbocycles. The number of rotatable bonds is 4. The van der Waals surface area contributed by atoms with Gasteiger partial charge < -0.3 is 19.5 Å². The lowest BCUT2D eigenvalue weighted by Crippen LogP contribution is -2.49. The van der Waals surface area contributed by atoms with E-state index in [9.17, 15) is 18.9 Å². The van der Waals surface area contributed by atoms with E-state index in [-0.39, 0.29) is 40.9 Å². The van der Waals surface area contributed by atoms with Crippen molar-refractivity contribution in [3.8, 4) is 5.75 Å². The number of fused-ring (bicyclic) bond motifs is 4. The van der Waals surface area contributed by atoms with Gasteiger partial charge in [-0.15, -0.1) is 4.36 Å². The first-order valence-corrected chi connectivity index (χ1v) is 20.7. The number of amides is 2. The molecule has 6 atom stereocenters. The highest BCUT2D eigenvalue weighted by Gasteiger charge is 2.45. The van der Waals surface area contributed by atoms with Gasteiger partial charge in [0.05, 0.1) is 29.8 Å². The first-order valence-electron chi connectivity index (χ1n) is 18.6. The van der Waals surface area contributed by atoms with Gasteiger partial charge in [0.15, 0.2) is 0 Å². The summed E-state index contributed by atoms with van der Waals surface area (Å²) >= 11 is 6.46. The van der Waals surface area contributed by atoms with Crippen LogP contribution in [0.4, 0.5) is 5.69 Å². The monoisotopic (exact) mass is 737 g/mol. The van der Waals surface area contributed by atoms with Gasteiger partial charge in [-0.2, -0.15) is 0 Å². The van der Waals surface area contributed by atoms with Crippen LogP contribution in [0, 0.1) is 29.6 Å². The molecule has 2 N–H and O–H groups in total. The average molecular weight is 738 g/mol. The highest BCUT2D eigenvalue weighted by molar-refractivity contribution is 7.92. The quantitative estimate of drug-likeness (QED) is 0.329. The lowest BCUT2D eigenvalue weighted by Gasteiger charge is -2.46. The van der Waals surface area contributed by atoms with Crippen LogP contribution < -0.4 is 14.4 Å². The zero-order chi connectivity index (χ0) is 36.1. The van der Waals surface area contributed by atoms with Crippen molar-refractivity contribution in [1.82, 2.24) is 4.72 Å². The molecule has 2 aliphatic heterocycles. The van der Waals surface area contributed by atoms with Gasteiger partial charge in [0.2, 0.25) is 5.91 Å². The second-order valence-electron chi connectivity index (χ2n) is 16.4. The van der Waals surface area contributed by atoms with E-state index in [1.807, 2.05) is 25.1 Å². The standard InChI is InChI=1S/C40H52ClN3O6S/c1-25-7-5-9-35(49-4)32-13-10-28(32)21-44-23-40(16-6-8-26-19-31(41)12-14-33(26)40)24-50-36-15-11-27(20-34(36)44)37(45)42-51(48,22-25)43-38(46)29-17-30(18-29)39(2,3)47/h5,9,11-12,14-15,19-20,25,28-30,32,35,47H,6-8,10,13,16-18,21-24H2,1-4H3,(H,42,43,45,46,48)/b9-5-/t25-,28-,29?,30?,32+,35-,40-,51?/m0/s1. The molecular weight excluding hydrogens is 686 g/mol. The van der Waals surface area contributed by atoms with Crippen LogP contribution in [0.15, 0.2) is 52.9 Å². The number of carbonyl (C=O) groups is 2. The number of hydrogen-bond acceptors (Lipinski definition) is 7. The summed E-state index contributed by atoms with van der Waals surface area (Å²) in [4.78, 5) is 29.8. The molecular formula is C40H52ClN3O6S. The maximum absolute atomic E-state index is 14.5. The van der Waals surface area contributed by atoms with Gasteiger partial charge in [0, 0.05) is 42.1 Å². The third-order valence-electron chi connectivity index (χ3n) is 12.3. The molecule has 2 aromatic carbocycles.